The summed E-state index contributed by atoms with van der Waals surface area (Å²) in [7, 11) is 0. The predicted molar refractivity (Wildman–Crippen MR) is 59.4 cm³/mol. The molecule has 0 aliphatic rings. The number of hydrogen-bond donors (Lipinski definition) is 2. The van der Waals surface area contributed by atoms with Crippen LogP contribution >= 0.6 is 0 Å². The zero-order valence-electron chi connectivity index (χ0n) is 8.85. The lowest BCUT2D eigenvalue weighted by molar-refractivity contribution is -0.384. The number of non-ortho nitro benzene ring substituents is 1. The number of carboxylic acids is 1. The highest BCUT2D eigenvalue weighted by molar-refractivity contribution is 5.83. The minimum Gasteiger partial charge on any atom is -0.475 e. The largest absolute Gasteiger partial charge is 0.475 e. The number of nitro benzene ring substituents is 1. The van der Waals surface area contributed by atoms with Crippen LogP contribution in [-0.4, -0.2) is 30.8 Å². The summed E-state index contributed by atoms with van der Waals surface area (Å²) in [5.41, 5.74) is 5.61. The van der Waals surface area contributed by atoms with E-state index in [1.54, 1.807) is 0 Å². The molecular weight excluding hydrogens is 242 g/mol. The van der Waals surface area contributed by atoms with Gasteiger partial charge in [0.05, 0.1) is 10.6 Å². The summed E-state index contributed by atoms with van der Waals surface area (Å²) in [6.07, 6.45) is 0. The van der Waals surface area contributed by atoms with E-state index in [0.29, 0.717) is 0 Å². The van der Waals surface area contributed by atoms with Gasteiger partial charge in [-0.15, -0.1) is 5.10 Å². The second-order valence-corrected chi connectivity index (χ2v) is 3.29. The Morgan fingerprint density at radius 3 is 2.78 bits per heavy atom. The summed E-state index contributed by atoms with van der Waals surface area (Å²) >= 11 is 0. The van der Waals surface area contributed by atoms with Crippen LogP contribution in [-0.2, 0) is 0 Å². The van der Waals surface area contributed by atoms with E-state index in [2.05, 4.69) is 10.1 Å². The molecule has 0 radical (unpaired) electrons. The second-order valence-electron chi connectivity index (χ2n) is 3.29. The number of rotatable bonds is 3. The van der Waals surface area contributed by atoms with Gasteiger partial charge >= 0.3 is 5.97 Å². The third-order valence-corrected chi connectivity index (χ3v) is 2.11. The molecule has 0 amide bonds. The molecule has 0 bridgehead atoms. The maximum Gasteiger partial charge on any atom is 0.375 e. The monoisotopic (exact) mass is 249 g/mol. The molecule has 9 nitrogen and oxygen atoms in total. The van der Waals surface area contributed by atoms with Gasteiger partial charge in [-0.1, -0.05) is 6.07 Å². The van der Waals surface area contributed by atoms with Crippen molar-refractivity contribution in [3.63, 3.8) is 0 Å². The van der Waals surface area contributed by atoms with E-state index in [1.165, 1.54) is 24.3 Å². The fourth-order valence-corrected chi connectivity index (χ4v) is 1.34. The first-order valence-corrected chi connectivity index (χ1v) is 4.69. The molecule has 3 N–H and O–H groups in total. The highest BCUT2D eigenvalue weighted by atomic mass is 16.6. The summed E-state index contributed by atoms with van der Waals surface area (Å²) in [6.45, 7) is 0. The van der Waals surface area contributed by atoms with E-state index < -0.39 is 16.7 Å². The molecule has 9 heteroatoms. The predicted octanol–water partition coefficient (Wildman–Crippen LogP) is 0.456. The maximum absolute atomic E-state index is 10.7. The lowest BCUT2D eigenvalue weighted by Gasteiger charge is -2.01. The van der Waals surface area contributed by atoms with Crippen molar-refractivity contribution in [2.45, 2.75) is 0 Å². The summed E-state index contributed by atoms with van der Waals surface area (Å²) in [5, 5.41) is 23.0. The summed E-state index contributed by atoms with van der Waals surface area (Å²) < 4.78 is 1.02. The topological polar surface area (TPSA) is 137 Å². The molecule has 0 fully saturated rings. The highest BCUT2D eigenvalue weighted by Crippen LogP contribution is 2.18. The van der Waals surface area contributed by atoms with Crippen LogP contribution in [0.15, 0.2) is 24.3 Å². The average molecular weight is 249 g/mol. The fraction of sp³-hybridized carbons (Fsp3) is 0. The number of nitrogens with zero attached hydrogens (tertiary/aromatic N) is 4. The molecule has 0 spiro atoms. The molecular formula is C9H7N5O4. The Morgan fingerprint density at radius 1 is 1.50 bits per heavy atom. The molecule has 0 unspecified atom stereocenters. The van der Waals surface area contributed by atoms with Crippen molar-refractivity contribution in [3.8, 4) is 5.69 Å². The normalized spacial score (nSPS) is 10.2. The zero-order valence-corrected chi connectivity index (χ0v) is 8.85. The first kappa shape index (κ1) is 11.5. The summed E-state index contributed by atoms with van der Waals surface area (Å²) in [4.78, 5) is 24.2. The van der Waals surface area contributed by atoms with E-state index in [9.17, 15) is 14.9 Å². The summed E-state index contributed by atoms with van der Waals surface area (Å²) in [6, 6.07) is 5.46. The molecule has 0 aliphatic carbocycles. The lowest BCUT2D eigenvalue weighted by atomic mass is 10.3. The van der Waals surface area contributed by atoms with E-state index in [-0.39, 0.29) is 17.3 Å². The van der Waals surface area contributed by atoms with Crippen molar-refractivity contribution in [3.05, 3.63) is 40.2 Å². The first-order chi connectivity index (χ1) is 8.49. The smallest absolute Gasteiger partial charge is 0.375 e. The van der Waals surface area contributed by atoms with Crippen molar-refractivity contribution in [1.29, 1.82) is 0 Å². The second kappa shape index (κ2) is 4.13. The van der Waals surface area contributed by atoms with E-state index >= 15 is 0 Å². The van der Waals surface area contributed by atoms with E-state index in [0.717, 1.165) is 4.68 Å². The number of aromatic carboxylic acids is 1. The highest BCUT2D eigenvalue weighted by Gasteiger charge is 2.15. The Bertz CT molecular complexity index is 636. The molecule has 92 valence electrons. The number of carboxylic acid groups (broad SMARTS) is 1. The summed E-state index contributed by atoms with van der Waals surface area (Å²) in [5.74, 6) is -1.96. The molecule has 2 rings (SSSR count). The minimum absolute atomic E-state index is 0.153. The Labute approximate surface area is 99.6 Å². The quantitative estimate of drug-likeness (QED) is 0.595. The minimum atomic E-state index is -1.33. The number of nitro groups is 1. The number of benzene rings is 1. The van der Waals surface area contributed by atoms with Gasteiger partial charge in [0.25, 0.3) is 11.5 Å². The van der Waals surface area contributed by atoms with Crippen LogP contribution in [0.4, 0.5) is 11.6 Å². The van der Waals surface area contributed by atoms with Crippen LogP contribution in [0.5, 0.6) is 0 Å². The third kappa shape index (κ3) is 1.96. The van der Waals surface area contributed by atoms with E-state index in [1.807, 2.05) is 0 Å². The van der Waals surface area contributed by atoms with Gasteiger partial charge in [-0.05, 0) is 6.07 Å². The van der Waals surface area contributed by atoms with Crippen molar-refractivity contribution >= 4 is 17.6 Å². The van der Waals surface area contributed by atoms with Crippen LogP contribution in [0.3, 0.4) is 0 Å². The molecule has 0 saturated heterocycles. The van der Waals surface area contributed by atoms with Gasteiger partial charge in [-0.2, -0.15) is 9.67 Å². The lowest BCUT2D eigenvalue weighted by Crippen LogP contribution is -2.04. The van der Waals surface area contributed by atoms with Gasteiger partial charge < -0.3 is 10.8 Å². The van der Waals surface area contributed by atoms with Crippen molar-refractivity contribution in [1.82, 2.24) is 14.8 Å². The molecule has 2 aromatic rings. The number of hydrogen-bond acceptors (Lipinski definition) is 6. The molecule has 18 heavy (non-hydrogen) atoms. The van der Waals surface area contributed by atoms with Gasteiger partial charge in [0.1, 0.15) is 0 Å². The standard InChI is InChI=1S/C9H7N5O4/c10-9-11-7(8(15)16)12-13(9)5-2-1-3-6(4-5)14(17)18/h1-4H,(H,15,16)(H2,10,11,12). The van der Waals surface area contributed by atoms with Crippen molar-refractivity contribution in [2.75, 3.05) is 5.73 Å². The third-order valence-electron chi connectivity index (χ3n) is 2.11. The van der Waals surface area contributed by atoms with Crippen LogP contribution in [0, 0.1) is 10.1 Å². The van der Waals surface area contributed by atoms with Gasteiger partial charge in [-0.3, -0.25) is 10.1 Å². The van der Waals surface area contributed by atoms with Crippen molar-refractivity contribution in [2.24, 2.45) is 0 Å². The SMILES string of the molecule is Nc1nc(C(=O)O)nn1-c1cccc([N+](=O)[O-])c1. The Hall–Kier alpha value is -2.97. The molecule has 1 aromatic carbocycles. The van der Waals surface area contributed by atoms with Gasteiger partial charge in [-0.25, -0.2) is 4.79 Å². The Kier molecular flexibility index (Phi) is 2.64. The van der Waals surface area contributed by atoms with Crippen LogP contribution in [0.2, 0.25) is 0 Å². The molecule has 1 aromatic heterocycles. The van der Waals surface area contributed by atoms with Gasteiger partial charge in [0, 0.05) is 12.1 Å². The molecule has 0 aliphatic heterocycles. The van der Waals surface area contributed by atoms with E-state index in [4.69, 9.17) is 10.8 Å². The number of nitrogens with two attached hydrogens (primary N) is 1. The van der Waals surface area contributed by atoms with Crippen LogP contribution in [0.1, 0.15) is 10.6 Å². The van der Waals surface area contributed by atoms with Gasteiger partial charge in [0.15, 0.2) is 0 Å². The average Bonchev–Trinajstić information content (AvgIpc) is 2.72. The fourth-order valence-electron chi connectivity index (χ4n) is 1.34. The number of nitrogen functional groups attached to an aromatic ring is 1. The number of carbonyl (C=O) groups is 1. The van der Waals surface area contributed by atoms with Crippen LogP contribution in [0.25, 0.3) is 5.69 Å². The first-order valence-electron chi connectivity index (χ1n) is 4.69. The van der Waals surface area contributed by atoms with Crippen molar-refractivity contribution < 1.29 is 14.8 Å². The molecule has 0 saturated carbocycles. The maximum atomic E-state index is 10.7. The zero-order chi connectivity index (χ0) is 13.3. The Balaban J connectivity index is 2.51. The Morgan fingerprint density at radius 2 is 2.22 bits per heavy atom. The number of anilines is 1. The van der Waals surface area contributed by atoms with Crippen LogP contribution < -0.4 is 5.73 Å². The van der Waals surface area contributed by atoms with Gasteiger partial charge in [0.2, 0.25) is 5.95 Å². The molecule has 0 atom stereocenters. The molecule has 1 heterocycles. The number of aromatic nitrogens is 3.